The summed E-state index contributed by atoms with van der Waals surface area (Å²) in [4.78, 5) is 0. The van der Waals surface area contributed by atoms with Crippen molar-refractivity contribution in [2.75, 3.05) is 13.2 Å². The molecule has 0 aliphatic rings. The molecule has 2 nitrogen and oxygen atoms in total. The zero-order chi connectivity index (χ0) is 15.2. The minimum atomic E-state index is 0.149. The summed E-state index contributed by atoms with van der Waals surface area (Å²) in [5, 5.41) is 16.1. The van der Waals surface area contributed by atoms with Crippen molar-refractivity contribution in [2.24, 2.45) is 0 Å². The van der Waals surface area contributed by atoms with Crippen LogP contribution in [0.5, 0.6) is 0 Å². The Balaban J connectivity index is -0.000000219. The molecule has 118 valence electrons. The Bertz CT molecular complexity index is 94.9. The van der Waals surface area contributed by atoms with Crippen molar-refractivity contribution in [3.8, 4) is 0 Å². The van der Waals surface area contributed by atoms with E-state index in [9.17, 15) is 0 Å². The molecule has 0 saturated heterocycles. The summed E-state index contributed by atoms with van der Waals surface area (Å²) in [6.45, 7) is 9.37. The van der Waals surface area contributed by atoms with Gasteiger partial charge in [0.25, 0.3) is 0 Å². The molecule has 0 heterocycles. The fourth-order valence-corrected chi connectivity index (χ4v) is 5.20. The van der Waals surface area contributed by atoms with E-state index in [4.69, 9.17) is 10.2 Å². The van der Waals surface area contributed by atoms with Gasteiger partial charge in [0.1, 0.15) is 0 Å². The van der Waals surface area contributed by atoms with Crippen LogP contribution in [0.2, 0.25) is 8.87 Å². The van der Waals surface area contributed by atoms with Crippen molar-refractivity contribution in [3.05, 3.63) is 0 Å². The maximum absolute atomic E-state index is 8.07. The van der Waals surface area contributed by atoms with Gasteiger partial charge in [-0.2, -0.15) is 0 Å². The third kappa shape index (κ3) is 45.5. The van der Waals surface area contributed by atoms with Crippen molar-refractivity contribution >= 4 is 21.1 Å². The Morgan fingerprint density at radius 3 is 1.05 bits per heavy atom. The van der Waals surface area contributed by atoms with Crippen LogP contribution in [0.25, 0.3) is 0 Å². The first-order chi connectivity index (χ1) is 9.24. The van der Waals surface area contributed by atoms with Crippen LogP contribution < -0.4 is 0 Å². The molecule has 2 radical (unpaired) electrons. The third-order valence-electron chi connectivity index (χ3n) is 2.44. The van der Waals surface area contributed by atoms with Gasteiger partial charge in [-0.25, -0.2) is 0 Å². The molecule has 0 aromatic carbocycles. The molecule has 19 heavy (non-hydrogen) atoms. The minimum absolute atomic E-state index is 0.149. The van der Waals surface area contributed by atoms with Crippen LogP contribution in [-0.4, -0.2) is 44.6 Å². The second-order valence-electron chi connectivity index (χ2n) is 4.61. The van der Waals surface area contributed by atoms with Crippen molar-refractivity contribution in [2.45, 2.75) is 87.9 Å². The molecule has 0 aromatic rings. The summed E-state index contributed by atoms with van der Waals surface area (Å²) in [6.07, 6.45) is 9.92. The van der Waals surface area contributed by atoms with Crippen LogP contribution in [0.4, 0.5) is 0 Å². The first-order valence-corrected chi connectivity index (χ1v) is 12.2. The summed E-state index contributed by atoms with van der Waals surface area (Å²) < 4.78 is 3.25. The predicted molar refractivity (Wildman–Crippen MR) is 89.2 cm³/mol. The molecular weight excluding hydrogens is 343 g/mol. The van der Waals surface area contributed by atoms with Crippen LogP contribution in [0.15, 0.2) is 0 Å². The summed E-state index contributed by atoms with van der Waals surface area (Å²) >= 11 is 0.149. The summed E-state index contributed by atoms with van der Waals surface area (Å²) in [7, 11) is 0. The predicted octanol–water partition coefficient (Wildman–Crippen LogP) is 4.69. The van der Waals surface area contributed by atoms with Gasteiger partial charge in [-0.1, -0.05) is 26.7 Å². The normalized spacial score (nSPS) is 9.16. The van der Waals surface area contributed by atoms with E-state index >= 15 is 0 Å². The Labute approximate surface area is 132 Å². The molecule has 2 N–H and O–H groups in total. The molecule has 0 saturated carbocycles. The van der Waals surface area contributed by atoms with E-state index < -0.39 is 0 Å². The fourth-order valence-electron chi connectivity index (χ4n) is 1.04. The summed E-state index contributed by atoms with van der Waals surface area (Å²) in [5.74, 6) is 0. The van der Waals surface area contributed by atoms with Gasteiger partial charge < -0.3 is 10.2 Å². The molecule has 0 spiro atoms. The van der Waals surface area contributed by atoms with Crippen molar-refractivity contribution in [3.63, 3.8) is 0 Å². The van der Waals surface area contributed by atoms with Gasteiger partial charge in [0, 0.05) is 13.2 Å². The van der Waals surface area contributed by atoms with Gasteiger partial charge in [-0.15, -0.1) is 0 Å². The quantitative estimate of drug-likeness (QED) is 0.426. The van der Waals surface area contributed by atoms with E-state index in [0.717, 1.165) is 25.7 Å². The van der Waals surface area contributed by atoms with E-state index in [1.807, 2.05) is 0 Å². The second kappa shape index (κ2) is 31.2. The van der Waals surface area contributed by atoms with Gasteiger partial charge >= 0.3 is 69.5 Å². The van der Waals surface area contributed by atoms with Gasteiger partial charge in [0.15, 0.2) is 0 Å². The van der Waals surface area contributed by atoms with Gasteiger partial charge in [-0.05, 0) is 12.8 Å². The van der Waals surface area contributed by atoms with Gasteiger partial charge in [0.2, 0.25) is 0 Å². The number of hydrogen-bond donors (Lipinski definition) is 2. The molecule has 0 aliphatic carbocycles. The van der Waals surface area contributed by atoms with E-state index in [2.05, 4.69) is 27.7 Å². The third-order valence-corrected chi connectivity index (χ3v) is 6.47. The van der Waals surface area contributed by atoms with Crippen LogP contribution in [0.1, 0.15) is 79.1 Å². The van der Waals surface area contributed by atoms with E-state index in [0.29, 0.717) is 13.2 Å². The Kier molecular flexibility index (Phi) is 40.6. The summed E-state index contributed by atoms with van der Waals surface area (Å²) in [6, 6.07) is 0. The monoisotopic (exact) mass is 382 g/mol. The number of aliphatic hydroxyl groups is 2. The molecular formula is C16H38O2Sn. The number of rotatable bonds is 10. The summed E-state index contributed by atoms with van der Waals surface area (Å²) in [5.41, 5.74) is 0. The van der Waals surface area contributed by atoms with E-state index in [1.54, 1.807) is 8.87 Å². The molecule has 0 bridgehead atoms. The van der Waals surface area contributed by atoms with E-state index in [-0.39, 0.29) is 21.1 Å². The van der Waals surface area contributed by atoms with Gasteiger partial charge in [0.05, 0.1) is 0 Å². The topological polar surface area (TPSA) is 40.5 Å². The molecule has 0 amide bonds. The zero-order valence-corrected chi connectivity index (χ0v) is 16.7. The van der Waals surface area contributed by atoms with Crippen molar-refractivity contribution in [1.29, 1.82) is 0 Å². The molecule has 0 rings (SSSR count). The number of hydrogen-bond acceptors (Lipinski definition) is 2. The molecule has 0 unspecified atom stereocenters. The average molecular weight is 381 g/mol. The molecule has 3 heteroatoms. The zero-order valence-electron chi connectivity index (χ0n) is 13.9. The molecule has 0 fully saturated rings. The van der Waals surface area contributed by atoms with Crippen molar-refractivity contribution < 1.29 is 10.2 Å². The second-order valence-corrected chi connectivity index (χ2v) is 8.89. The fraction of sp³-hybridized carbons (Fsp3) is 1.00. The standard InChI is InChI=1S/2C4H10O.2C4H9.Sn/c2*1-2-3-4-5;2*1-3-4-2;/h2*5H,2-4H2,1H3;2*1,3-4H2,2H3;. The Morgan fingerprint density at radius 1 is 0.579 bits per heavy atom. The van der Waals surface area contributed by atoms with Crippen molar-refractivity contribution in [1.82, 2.24) is 0 Å². The van der Waals surface area contributed by atoms with Crippen LogP contribution >= 0.6 is 0 Å². The number of unbranched alkanes of at least 4 members (excludes halogenated alkanes) is 4. The molecule has 0 atom stereocenters. The SMILES string of the molecule is CCCCO.CCCCO.CCC[CH2][Sn][CH2]CCC. The van der Waals surface area contributed by atoms with Crippen LogP contribution in [-0.2, 0) is 0 Å². The first-order valence-electron chi connectivity index (χ1n) is 8.17. The first kappa shape index (κ1) is 24.7. The Morgan fingerprint density at radius 2 is 0.895 bits per heavy atom. The molecule has 0 aromatic heterocycles. The van der Waals surface area contributed by atoms with Crippen LogP contribution in [0.3, 0.4) is 0 Å². The van der Waals surface area contributed by atoms with Gasteiger partial charge in [-0.3, -0.25) is 0 Å². The maximum atomic E-state index is 8.07. The average Bonchev–Trinajstić information content (AvgIpc) is 2.42. The molecule has 0 aliphatic heterocycles. The Hall–Kier alpha value is 0.719. The number of aliphatic hydroxyl groups excluding tert-OH is 2. The van der Waals surface area contributed by atoms with E-state index in [1.165, 1.54) is 25.7 Å². The van der Waals surface area contributed by atoms with Crippen LogP contribution in [0, 0.1) is 0 Å².